The number of halogens is 1. The zero-order valence-electron chi connectivity index (χ0n) is 23.8. The van der Waals surface area contributed by atoms with Gasteiger partial charge in [0.05, 0.1) is 12.7 Å². The molecule has 1 fully saturated rings. The molecule has 39 heavy (non-hydrogen) atoms. The van der Waals surface area contributed by atoms with E-state index in [1.807, 2.05) is 26.0 Å². The van der Waals surface area contributed by atoms with Crippen LogP contribution in [-0.2, 0) is 17.7 Å². The van der Waals surface area contributed by atoms with E-state index in [4.69, 9.17) is 4.74 Å². The van der Waals surface area contributed by atoms with Crippen LogP contribution in [0.25, 0.3) is 10.9 Å². The summed E-state index contributed by atoms with van der Waals surface area (Å²) >= 11 is 0. The Labute approximate surface area is 231 Å². The Morgan fingerprint density at radius 1 is 1.03 bits per heavy atom. The van der Waals surface area contributed by atoms with Gasteiger partial charge in [-0.15, -0.1) is 0 Å². The van der Waals surface area contributed by atoms with Gasteiger partial charge in [-0.2, -0.15) is 0 Å². The highest BCUT2D eigenvalue weighted by molar-refractivity contribution is 6.11. The molecule has 0 saturated carbocycles. The van der Waals surface area contributed by atoms with E-state index in [0.717, 1.165) is 68.9 Å². The zero-order valence-corrected chi connectivity index (χ0v) is 23.8. The van der Waals surface area contributed by atoms with Crippen molar-refractivity contribution < 1.29 is 18.7 Å². The van der Waals surface area contributed by atoms with Crippen LogP contribution in [0.5, 0.6) is 0 Å². The summed E-state index contributed by atoms with van der Waals surface area (Å²) < 4.78 is 21.3. The topological polar surface area (TPSA) is 54.8 Å². The van der Waals surface area contributed by atoms with Crippen LogP contribution in [0.3, 0.4) is 0 Å². The number of hydrogen-bond acceptors (Lipinski definition) is 5. The maximum atomic E-state index is 14.3. The van der Waals surface area contributed by atoms with Crippen molar-refractivity contribution in [3.63, 3.8) is 0 Å². The predicted molar refractivity (Wildman–Crippen MR) is 154 cm³/mol. The van der Waals surface area contributed by atoms with Crippen LogP contribution in [0.15, 0.2) is 42.5 Å². The van der Waals surface area contributed by atoms with Gasteiger partial charge in [0.15, 0.2) is 5.78 Å². The van der Waals surface area contributed by atoms with E-state index < -0.39 is 0 Å². The molecule has 210 valence electrons. The molecule has 5 rings (SSSR count). The summed E-state index contributed by atoms with van der Waals surface area (Å²) in [6, 6.07) is 12.1. The van der Waals surface area contributed by atoms with Crippen molar-refractivity contribution >= 4 is 22.7 Å². The molecule has 2 heterocycles. The van der Waals surface area contributed by atoms with Crippen molar-refractivity contribution in [1.29, 1.82) is 0 Å². The summed E-state index contributed by atoms with van der Waals surface area (Å²) in [5.74, 6) is -0.612. The third-order valence-corrected chi connectivity index (χ3v) is 7.97. The zero-order chi connectivity index (χ0) is 27.9. The van der Waals surface area contributed by atoms with Crippen molar-refractivity contribution in [2.75, 3.05) is 46.4 Å². The molecule has 3 aromatic rings. The fourth-order valence-electron chi connectivity index (χ4n) is 5.85. The maximum Gasteiger partial charge on any atom is 0.337 e. The number of rotatable bonds is 8. The van der Waals surface area contributed by atoms with Crippen LogP contribution in [0, 0.1) is 11.7 Å². The number of esters is 1. The lowest BCUT2D eigenvalue weighted by atomic mass is 9.84. The molecule has 0 amide bonds. The standard InChI is InChI=1S/C30H36FN3O3.C2H6/c1-3-4-13-32-14-16-33(17-15-32)20-23-9-11-27-28(29(23)35)25-18-24(31)10-12-26(25)34(27)19-21-5-7-22(8-6-21)30(36)37-2;1-2/h5-8,10,12,18,23H,3-4,9,11,13-17,19-20H2,1-2H3;1-2H3. The number of carbonyl (C=O) groups excluding carboxylic acids is 2. The number of ether oxygens (including phenoxy) is 1. The van der Waals surface area contributed by atoms with Crippen LogP contribution in [0.1, 0.15) is 72.0 Å². The third kappa shape index (κ3) is 6.42. The van der Waals surface area contributed by atoms with Crippen molar-refractivity contribution in [2.45, 2.75) is 53.0 Å². The number of ketones is 1. The van der Waals surface area contributed by atoms with Gasteiger partial charge < -0.3 is 19.1 Å². The Hall–Kier alpha value is -3.03. The van der Waals surface area contributed by atoms with Gasteiger partial charge in [0, 0.05) is 67.3 Å². The fraction of sp³-hybridized carbons (Fsp3) is 0.500. The summed E-state index contributed by atoms with van der Waals surface area (Å²) in [6.45, 7) is 12.8. The van der Waals surface area contributed by atoms with Crippen LogP contribution < -0.4 is 0 Å². The van der Waals surface area contributed by atoms with Crippen LogP contribution >= 0.6 is 0 Å². The van der Waals surface area contributed by atoms with E-state index >= 15 is 0 Å². The number of benzene rings is 2. The highest BCUT2D eigenvalue weighted by Gasteiger charge is 2.34. The first kappa shape index (κ1) is 29.0. The van der Waals surface area contributed by atoms with Gasteiger partial charge in [-0.05, 0) is 61.7 Å². The number of nitrogens with zero attached hydrogens (tertiary/aromatic N) is 3. The molecule has 6 nitrogen and oxygen atoms in total. The quantitative estimate of drug-likeness (QED) is 0.341. The normalized spacial score (nSPS) is 18.0. The second-order valence-electron chi connectivity index (χ2n) is 10.4. The summed E-state index contributed by atoms with van der Waals surface area (Å²) in [5, 5.41) is 0.709. The number of piperazine rings is 1. The van der Waals surface area contributed by atoms with E-state index in [1.54, 1.807) is 18.2 Å². The average molecular weight is 536 g/mol. The molecule has 0 spiro atoms. The summed E-state index contributed by atoms with van der Waals surface area (Å²) in [4.78, 5) is 30.6. The number of carbonyl (C=O) groups is 2. The number of methoxy groups -OCH3 is 1. The Morgan fingerprint density at radius 2 is 1.72 bits per heavy atom. The Bertz CT molecular complexity index is 1280. The SMILES string of the molecule is CC.CCCCN1CCN(CC2CCc3c(c4cc(F)ccc4n3Cc3ccc(C(=O)OC)cc3)C2=O)CC1. The molecule has 1 aromatic heterocycles. The lowest BCUT2D eigenvalue weighted by Crippen LogP contribution is -2.49. The lowest BCUT2D eigenvalue weighted by molar-refractivity contribution is 0.0600. The summed E-state index contributed by atoms with van der Waals surface area (Å²) in [5.41, 5.74) is 4.06. The molecule has 0 radical (unpaired) electrons. The first-order valence-corrected chi connectivity index (χ1v) is 14.4. The minimum atomic E-state index is -0.371. The largest absolute Gasteiger partial charge is 0.465 e. The van der Waals surface area contributed by atoms with Crippen LogP contribution in [0.4, 0.5) is 4.39 Å². The molecular weight excluding hydrogens is 493 g/mol. The smallest absolute Gasteiger partial charge is 0.337 e. The van der Waals surface area contributed by atoms with Crippen molar-refractivity contribution in [3.8, 4) is 0 Å². The molecule has 0 bridgehead atoms. The van der Waals surface area contributed by atoms with Gasteiger partial charge in [-0.3, -0.25) is 4.79 Å². The highest BCUT2D eigenvalue weighted by atomic mass is 19.1. The first-order chi connectivity index (χ1) is 19.0. The molecule has 2 aliphatic rings. The summed E-state index contributed by atoms with van der Waals surface area (Å²) in [7, 11) is 1.37. The maximum absolute atomic E-state index is 14.3. The van der Waals surface area contributed by atoms with E-state index in [0.29, 0.717) is 23.1 Å². The van der Waals surface area contributed by atoms with E-state index in [9.17, 15) is 14.0 Å². The molecule has 1 atom stereocenters. The molecule has 1 saturated heterocycles. The Morgan fingerprint density at radius 3 is 2.38 bits per heavy atom. The highest BCUT2D eigenvalue weighted by Crippen LogP contribution is 2.36. The number of fused-ring (bicyclic) bond motifs is 3. The van der Waals surface area contributed by atoms with Crippen LogP contribution in [-0.4, -0.2) is 72.5 Å². The predicted octanol–water partition coefficient (Wildman–Crippen LogP) is 5.80. The lowest BCUT2D eigenvalue weighted by Gasteiger charge is -2.37. The Balaban J connectivity index is 0.00000172. The minimum Gasteiger partial charge on any atom is -0.465 e. The first-order valence-electron chi connectivity index (χ1n) is 14.4. The number of hydrogen-bond donors (Lipinski definition) is 0. The molecular formula is C32H42FN3O3. The third-order valence-electron chi connectivity index (χ3n) is 7.97. The van der Waals surface area contributed by atoms with E-state index in [1.165, 1.54) is 32.1 Å². The molecule has 1 unspecified atom stereocenters. The van der Waals surface area contributed by atoms with E-state index in [2.05, 4.69) is 21.3 Å². The van der Waals surface area contributed by atoms with E-state index in [-0.39, 0.29) is 23.5 Å². The number of aromatic nitrogens is 1. The van der Waals surface area contributed by atoms with Gasteiger partial charge in [-0.1, -0.05) is 39.3 Å². The van der Waals surface area contributed by atoms with Crippen molar-refractivity contribution in [3.05, 3.63) is 70.7 Å². The molecule has 7 heteroatoms. The van der Waals surface area contributed by atoms with Gasteiger partial charge in [-0.25, -0.2) is 9.18 Å². The van der Waals surface area contributed by atoms with Gasteiger partial charge in [0.1, 0.15) is 5.82 Å². The average Bonchev–Trinajstić information content (AvgIpc) is 3.27. The number of unbranched alkanes of at least 4 members (excludes halogenated alkanes) is 1. The second-order valence-corrected chi connectivity index (χ2v) is 10.4. The summed E-state index contributed by atoms with van der Waals surface area (Å²) in [6.07, 6.45) is 4.05. The molecule has 2 aromatic carbocycles. The molecule has 0 N–H and O–H groups in total. The van der Waals surface area contributed by atoms with Gasteiger partial charge >= 0.3 is 5.97 Å². The molecule has 1 aliphatic carbocycles. The van der Waals surface area contributed by atoms with Crippen molar-refractivity contribution in [2.24, 2.45) is 5.92 Å². The van der Waals surface area contributed by atoms with Crippen LogP contribution in [0.2, 0.25) is 0 Å². The number of Topliss-reactive ketones (excluding diaryl/α,β-unsaturated/α-hetero) is 1. The monoisotopic (exact) mass is 535 g/mol. The van der Waals surface area contributed by atoms with Crippen molar-refractivity contribution in [1.82, 2.24) is 14.4 Å². The van der Waals surface area contributed by atoms with Gasteiger partial charge in [0.2, 0.25) is 0 Å². The van der Waals surface area contributed by atoms with Gasteiger partial charge in [0.25, 0.3) is 0 Å². The Kier molecular flexibility index (Phi) is 9.92. The minimum absolute atomic E-state index is 0.0589. The second kappa shape index (κ2) is 13.4. The molecule has 1 aliphatic heterocycles. The fourth-order valence-corrected chi connectivity index (χ4v) is 5.85.